The zero-order valence-electron chi connectivity index (χ0n) is 9.84. The summed E-state index contributed by atoms with van der Waals surface area (Å²) in [5, 5.41) is 11.3. The van der Waals surface area contributed by atoms with Crippen molar-refractivity contribution in [3.05, 3.63) is 34.9 Å². The molecule has 0 aliphatic heterocycles. The van der Waals surface area contributed by atoms with Gasteiger partial charge in [0.05, 0.1) is 0 Å². The Morgan fingerprint density at radius 1 is 1.11 bits per heavy atom. The first-order valence-electron chi connectivity index (χ1n) is 4.52. The monoisotopic (exact) mass is 252 g/mol. The molecule has 0 saturated carbocycles. The lowest BCUT2D eigenvalue weighted by Crippen LogP contribution is -2.13. The van der Waals surface area contributed by atoms with E-state index in [4.69, 9.17) is 30.1 Å². The van der Waals surface area contributed by atoms with Crippen LogP contribution in [0, 0.1) is 13.8 Å². The molecule has 7 heteroatoms. The predicted octanol–water partition coefficient (Wildman–Crippen LogP) is 0.231. The Kier molecular flexibility index (Phi) is 10.5. The fourth-order valence-electron chi connectivity index (χ4n) is 0.958. The SMILES string of the molecule is Cc1ccc(/C(N)=N\O)cc1C.O=C=O.O=C=O. The minimum Gasteiger partial charge on any atom is -0.409 e. The van der Waals surface area contributed by atoms with E-state index in [1.54, 1.807) is 0 Å². The number of nitrogens with two attached hydrogens (primary N) is 1. The Morgan fingerprint density at radius 3 is 1.89 bits per heavy atom. The van der Waals surface area contributed by atoms with E-state index in [-0.39, 0.29) is 18.1 Å². The Morgan fingerprint density at radius 2 is 1.56 bits per heavy atom. The average molecular weight is 252 g/mol. The van der Waals surface area contributed by atoms with E-state index in [9.17, 15) is 0 Å². The van der Waals surface area contributed by atoms with Crippen molar-refractivity contribution in [2.75, 3.05) is 0 Å². The van der Waals surface area contributed by atoms with Crippen LogP contribution in [-0.4, -0.2) is 23.3 Å². The van der Waals surface area contributed by atoms with Crippen LogP contribution in [0.1, 0.15) is 16.7 Å². The summed E-state index contributed by atoms with van der Waals surface area (Å²) in [6.45, 7) is 4.01. The number of amidine groups is 1. The van der Waals surface area contributed by atoms with Gasteiger partial charge in [-0.25, -0.2) is 0 Å². The van der Waals surface area contributed by atoms with Gasteiger partial charge in [-0.2, -0.15) is 19.2 Å². The quantitative estimate of drug-likeness (QED) is 0.319. The molecule has 0 unspecified atom stereocenters. The van der Waals surface area contributed by atoms with Crippen LogP contribution in [0.4, 0.5) is 0 Å². The maximum atomic E-state index is 8.41. The van der Waals surface area contributed by atoms with Crippen LogP contribution in [0.2, 0.25) is 0 Å². The summed E-state index contributed by atoms with van der Waals surface area (Å²) >= 11 is 0. The van der Waals surface area contributed by atoms with Gasteiger partial charge in [0.25, 0.3) is 0 Å². The van der Waals surface area contributed by atoms with Crippen LogP contribution in [0.3, 0.4) is 0 Å². The molecule has 0 aliphatic rings. The summed E-state index contributed by atoms with van der Waals surface area (Å²) < 4.78 is 0. The second kappa shape index (κ2) is 10.8. The van der Waals surface area contributed by atoms with Gasteiger partial charge in [0.1, 0.15) is 0 Å². The summed E-state index contributed by atoms with van der Waals surface area (Å²) in [5.74, 6) is 0.151. The van der Waals surface area contributed by atoms with Crippen molar-refractivity contribution in [2.24, 2.45) is 10.9 Å². The molecule has 1 aromatic rings. The highest BCUT2D eigenvalue weighted by atomic mass is 16.4. The van der Waals surface area contributed by atoms with Crippen LogP contribution in [0.5, 0.6) is 0 Å². The third kappa shape index (κ3) is 7.53. The van der Waals surface area contributed by atoms with Crippen molar-refractivity contribution >= 4 is 18.1 Å². The lowest BCUT2D eigenvalue weighted by molar-refractivity contribution is -0.193. The number of rotatable bonds is 1. The van der Waals surface area contributed by atoms with Crippen LogP contribution < -0.4 is 5.73 Å². The molecule has 0 radical (unpaired) electrons. The molecule has 1 rings (SSSR count). The first kappa shape index (κ1) is 17.6. The zero-order valence-corrected chi connectivity index (χ0v) is 9.84. The van der Waals surface area contributed by atoms with Gasteiger partial charge < -0.3 is 10.9 Å². The molecule has 7 nitrogen and oxygen atoms in total. The standard InChI is InChI=1S/C9H12N2O.2CO2/c1-6-3-4-8(5-7(6)2)9(10)11-12;2*2-1-3/h3-5,12H,1-2H3,(H2,10,11);;. The summed E-state index contributed by atoms with van der Waals surface area (Å²) in [7, 11) is 0. The second-order valence-corrected chi connectivity index (χ2v) is 2.95. The number of hydrogen-bond donors (Lipinski definition) is 2. The van der Waals surface area contributed by atoms with E-state index in [1.807, 2.05) is 32.0 Å². The van der Waals surface area contributed by atoms with Gasteiger partial charge in [0, 0.05) is 5.56 Å². The van der Waals surface area contributed by atoms with E-state index < -0.39 is 0 Å². The fourth-order valence-corrected chi connectivity index (χ4v) is 0.958. The Bertz CT molecular complexity index is 458. The van der Waals surface area contributed by atoms with E-state index in [2.05, 4.69) is 5.16 Å². The Hall–Kier alpha value is -2.75. The van der Waals surface area contributed by atoms with Gasteiger partial charge in [0.2, 0.25) is 0 Å². The predicted molar refractivity (Wildman–Crippen MR) is 58.4 cm³/mol. The summed E-state index contributed by atoms with van der Waals surface area (Å²) in [4.78, 5) is 32.5. The summed E-state index contributed by atoms with van der Waals surface area (Å²) in [6, 6.07) is 5.67. The number of benzene rings is 1. The zero-order chi connectivity index (χ0) is 14.6. The lowest BCUT2D eigenvalue weighted by atomic mass is 10.1. The Labute approximate surface area is 103 Å². The minimum atomic E-state index is 0.151. The molecule has 0 spiro atoms. The Balaban J connectivity index is 0. The molecule has 0 fully saturated rings. The molecule has 18 heavy (non-hydrogen) atoms. The van der Waals surface area contributed by atoms with Gasteiger partial charge in [-0.05, 0) is 31.0 Å². The maximum absolute atomic E-state index is 8.41. The molecule has 0 aliphatic carbocycles. The maximum Gasteiger partial charge on any atom is 0.373 e. The highest BCUT2D eigenvalue weighted by molar-refractivity contribution is 5.97. The summed E-state index contributed by atoms with van der Waals surface area (Å²) in [5.41, 5.74) is 8.50. The van der Waals surface area contributed by atoms with E-state index in [0.717, 1.165) is 11.1 Å². The lowest BCUT2D eigenvalue weighted by Gasteiger charge is -2.02. The molecular weight excluding hydrogens is 240 g/mol. The van der Waals surface area contributed by atoms with Gasteiger partial charge in [-0.3, -0.25) is 0 Å². The molecule has 96 valence electrons. The number of hydrogen-bond acceptors (Lipinski definition) is 6. The van der Waals surface area contributed by atoms with Crippen molar-refractivity contribution < 1.29 is 24.4 Å². The van der Waals surface area contributed by atoms with Crippen LogP contribution in [0.25, 0.3) is 0 Å². The van der Waals surface area contributed by atoms with Crippen molar-refractivity contribution in [3.8, 4) is 0 Å². The van der Waals surface area contributed by atoms with Crippen LogP contribution in [-0.2, 0) is 19.2 Å². The van der Waals surface area contributed by atoms with E-state index in [1.165, 1.54) is 5.56 Å². The molecule has 0 aromatic heterocycles. The molecule has 3 N–H and O–H groups in total. The number of aryl methyl sites for hydroxylation is 2. The average Bonchev–Trinajstić information content (AvgIpc) is 2.34. The highest BCUT2D eigenvalue weighted by Crippen LogP contribution is 2.09. The molecule has 0 atom stereocenters. The van der Waals surface area contributed by atoms with E-state index in [0.29, 0.717) is 0 Å². The number of carbonyl (C=O) groups excluding carboxylic acids is 4. The topological polar surface area (TPSA) is 127 Å². The van der Waals surface area contributed by atoms with Crippen molar-refractivity contribution in [2.45, 2.75) is 13.8 Å². The first-order chi connectivity index (χ1) is 8.48. The number of oxime groups is 1. The first-order valence-corrected chi connectivity index (χ1v) is 4.52. The van der Waals surface area contributed by atoms with Crippen molar-refractivity contribution in [1.82, 2.24) is 0 Å². The molecule has 0 heterocycles. The third-order valence-electron chi connectivity index (χ3n) is 1.91. The van der Waals surface area contributed by atoms with Gasteiger partial charge in [-0.15, -0.1) is 0 Å². The second-order valence-electron chi connectivity index (χ2n) is 2.95. The van der Waals surface area contributed by atoms with E-state index >= 15 is 0 Å². The van der Waals surface area contributed by atoms with Crippen molar-refractivity contribution in [1.29, 1.82) is 0 Å². The normalized spacial score (nSPS) is 8.67. The van der Waals surface area contributed by atoms with Gasteiger partial charge >= 0.3 is 12.3 Å². The van der Waals surface area contributed by atoms with Crippen LogP contribution in [0.15, 0.2) is 23.4 Å². The molecule has 0 bridgehead atoms. The van der Waals surface area contributed by atoms with Crippen LogP contribution >= 0.6 is 0 Å². The third-order valence-corrected chi connectivity index (χ3v) is 1.91. The van der Waals surface area contributed by atoms with Gasteiger partial charge in [-0.1, -0.05) is 17.3 Å². The van der Waals surface area contributed by atoms with Gasteiger partial charge in [0.15, 0.2) is 5.84 Å². The number of nitrogens with zero attached hydrogens (tertiary/aromatic N) is 1. The van der Waals surface area contributed by atoms with Crippen molar-refractivity contribution in [3.63, 3.8) is 0 Å². The summed E-state index contributed by atoms with van der Waals surface area (Å²) in [6.07, 6.45) is 0.500. The largest absolute Gasteiger partial charge is 0.409 e. The minimum absolute atomic E-state index is 0.151. The fraction of sp³-hybridized carbons (Fsp3) is 0.182. The highest BCUT2D eigenvalue weighted by Gasteiger charge is 1.99. The smallest absolute Gasteiger partial charge is 0.373 e. The molecule has 0 amide bonds. The molecular formula is C11H12N2O5. The molecule has 1 aromatic carbocycles. The molecule has 0 saturated heterocycles.